The quantitative estimate of drug-likeness (QED) is 0.174. The molecule has 0 bridgehead atoms. The first-order chi connectivity index (χ1) is 13.0. The number of nitrogens with zero attached hydrogens (tertiary/aromatic N) is 1. The van der Waals surface area contributed by atoms with Crippen LogP contribution in [0.25, 0.3) is 0 Å². The first-order valence-corrected chi connectivity index (χ1v) is 8.67. The molecular weight excluding hydrogens is 404 g/mol. The summed E-state index contributed by atoms with van der Waals surface area (Å²) >= 11 is 0. The summed E-state index contributed by atoms with van der Waals surface area (Å²) in [6.07, 6.45) is 0.851. The standard InChI is InChI=1S/C11H14N8O8S/c12-4-3-19(9(4)23)11(25)17-28(26,27)18-16-10(24)15-14-8(22)5-1-6(20)7(21)2-13-5/h1-2,4,18,21H,3,12H2,(H,13,20)(H,14,22)(H,17,25)(H2,15,16,24)/t4-/m0/s1. The van der Waals surface area contributed by atoms with Crippen LogP contribution in [0.15, 0.2) is 17.1 Å². The van der Waals surface area contributed by atoms with Crippen molar-refractivity contribution in [2.45, 2.75) is 6.04 Å². The van der Waals surface area contributed by atoms with Gasteiger partial charge in [0.2, 0.25) is 11.3 Å². The lowest BCUT2D eigenvalue weighted by Crippen LogP contribution is -2.66. The number of hydrazine groups is 2. The van der Waals surface area contributed by atoms with Crippen LogP contribution in [0, 0.1) is 0 Å². The van der Waals surface area contributed by atoms with Crippen molar-refractivity contribution in [1.29, 1.82) is 0 Å². The molecule has 2 rings (SSSR count). The van der Waals surface area contributed by atoms with Gasteiger partial charge in [-0.2, -0.15) is 8.42 Å². The van der Waals surface area contributed by atoms with Gasteiger partial charge in [0.25, 0.3) is 5.91 Å². The average Bonchev–Trinajstić information content (AvgIpc) is 2.63. The van der Waals surface area contributed by atoms with E-state index in [0.717, 1.165) is 12.3 Å². The SMILES string of the molecule is N[C@H]1CN(C(=O)NS(=O)(=O)NNC(=O)NNC(=O)c2cc(=O)c(O)c[nH]2)C1=O. The zero-order chi connectivity index (χ0) is 21.1. The third kappa shape index (κ3) is 4.93. The summed E-state index contributed by atoms with van der Waals surface area (Å²) in [5.41, 5.74) is 9.26. The number of hydrogen-bond acceptors (Lipinski definition) is 9. The van der Waals surface area contributed by atoms with Crippen LogP contribution < -0.4 is 37.0 Å². The highest BCUT2D eigenvalue weighted by Crippen LogP contribution is 2.07. The molecule has 1 aromatic rings. The number of H-pyrrole nitrogens is 1. The van der Waals surface area contributed by atoms with Crippen molar-refractivity contribution in [2.24, 2.45) is 5.73 Å². The number of hydrogen-bond donors (Lipinski definition) is 8. The minimum atomic E-state index is -4.58. The maximum Gasteiger partial charge on any atom is 0.348 e. The lowest BCUT2D eigenvalue weighted by molar-refractivity contribution is -0.137. The van der Waals surface area contributed by atoms with Gasteiger partial charge in [-0.1, -0.05) is 0 Å². The fourth-order valence-corrected chi connectivity index (χ4v) is 2.37. The lowest BCUT2D eigenvalue weighted by Gasteiger charge is -2.33. The van der Waals surface area contributed by atoms with Crippen LogP contribution in [0.3, 0.4) is 0 Å². The van der Waals surface area contributed by atoms with Gasteiger partial charge < -0.3 is 15.8 Å². The van der Waals surface area contributed by atoms with Crippen molar-refractivity contribution in [3.05, 3.63) is 28.2 Å². The number of carbonyl (C=O) groups excluding carboxylic acids is 4. The van der Waals surface area contributed by atoms with E-state index in [2.05, 4.69) is 4.98 Å². The maximum absolute atomic E-state index is 11.7. The Bertz CT molecular complexity index is 989. The Kier molecular flexibility index (Phi) is 5.81. The fraction of sp³-hybridized carbons (Fsp3) is 0.182. The number of likely N-dealkylation sites (tertiary alicyclic amines) is 1. The fourth-order valence-electron chi connectivity index (χ4n) is 1.75. The molecular formula is C11H14N8O8S. The van der Waals surface area contributed by atoms with Gasteiger partial charge in [-0.3, -0.25) is 30.1 Å². The second kappa shape index (κ2) is 7.90. The van der Waals surface area contributed by atoms with Crippen LogP contribution in [-0.4, -0.2) is 59.9 Å². The maximum atomic E-state index is 11.7. The van der Waals surface area contributed by atoms with Crippen molar-refractivity contribution in [2.75, 3.05) is 6.54 Å². The molecule has 1 fully saturated rings. The molecule has 0 saturated carbocycles. The van der Waals surface area contributed by atoms with E-state index in [-0.39, 0.29) is 12.2 Å². The molecule has 0 radical (unpaired) electrons. The second-order valence-electron chi connectivity index (χ2n) is 5.20. The highest BCUT2D eigenvalue weighted by Gasteiger charge is 2.39. The number of aromatic hydroxyl groups is 1. The predicted molar refractivity (Wildman–Crippen MR) is 88.1 cm³/mol. The Morgan fingerprint density at radius 2 is 1.89 bits per heavy atom. The largest absolute Gasteiger partial charge is 0.503 e. The number of amides is 6. The Morgan fingerprint density at radius 3 is 2.46 bits per heavy atom. The van der Waals surface area contributed by atoms with E-state index in [1.54, 1.807) is 10.9 Å². The van der Waals surface area contributed by atoms with Crippen molar-refractivity contribution >= 4 is 34.1 Å². The van der Waals surface area contributed by atoms with E-state index in [4.69, 9.17) is 10.8 Å². The molecule has 0 aliphatic carbocycles. The Morgan fingerprint density at radius 1 is 1.21 bits per heavy atom. The molecule has 1 atom stereocenters. The number of rotatable bonds is 4. The van der Waals surface area contributed by atoms with E-state index in [1.807, 2.05) is 5.43 Å². The number of aromatic nitrogens is 1. The first kappa shape index (κ1) is 20.6. The number of imide groups is 1. The Hall–Kier alpha value is -3.70. The minimum Gasteiger partial charge on any atom is -0.503 e. The summed E-state index contributed by atoms with van der Waals surface area (Å²) in [5.74, 6) is -2.38. The second-order valence-corrected chi connectivity index (χ2v) is 6.61. The third-order valence-corrected chi connectivity index (χ3v) is 3.97. The minimum absolute atomic E-state index is 0.167. The van der Waals surface area contributed by atoms with E-state index in [0.29, 0.717) is 4.90 Å². The van der Waals surface area contributed by atoms with Gasteiger partial charge in [0.05, 0.1) is 6.54 Å². The van der Waals surface area contributed by atoms with Gasteiger partial charge in [0, 0.05) is 12.3 Å². The summed E-state index contributed by atoms with van der Waals surface area (Å²) in [6.45, 7) is -0.167. The summed E-state index contributed by atoms with van der Waals surface area (Å²) < 4.78 is 24.6. The van der Waals surface area contributed by atoms with Crippen LogP contribution in [0.2, 0.25) is 0 Å². The van der Waals surface area contributed by atoms with Gasteiger partial charge in [-0.05, 0) is 0 Å². The summed E-state index contributed by atoms with van der Waals surface area (Å²) in [4.78, 5) is 61.4. The molecule has 17 heteroatoms. The molecule has 9 N–H and O–H groups in total. The molecule has 1 saturated heterocycles. The van der Waals surface area contributed by atoms with Crippen LogP contribution in [0.1, 0.15) is 10.5 Å². The molecule has 1 aliphatic rings. The predicted octanol–water partition coefficient (Wildman–Crippen LogP) is -4.35. The molecule has 0 unspecified atom stereocenters. The number of β-lactam (4-membered cyclic amide) rings is 1. The molecule has 0 aromatic carbocycles. The number of nitrogens with two attached hydrogens (primary N) is 1. The summed E-state index contributed by atoms with van der Waals surface area (Å²) in [7, 11) is -4.58. The third-order valence-electron chi connectivity index (χ3n) is 3.15. The molecule has 1 aliphatic heterocycles. The van der Waals surface area contributed by atoms with Gasteiger partial charge in [0.1, 0.15) is 11.7 Å². The molecule has 16 nitrogen and oxygen atoms in total. The number of carbonyl (C=O) groups is 4. The first-order valence-electron chi connectivity index (χ1n) is 7.18. The van der Waals surface area contributed by atoms with Crippen LogP contribution in [0.4, 0.5) is 9.59 Å². The van der Waals surface area contributed by atoms with Crippen molar-refractivity contribution in [3.63, 3.8) is 0 Å². The van der Waals surface area contributed by atoms with Gasteiger partial charge >= 0.3 is 22.3 Å². The summed E-state index contributed by atoms with van der Waals surface area (Å²) in [6, 6.07) is -2.68. The van der Waals surface area contributed by atoms with Crippen LogP contribution >= 0.6 is 0 Å². The van der Waals surface area contributed by atoms with E-state index in [1.165, 1.54) is 9.55 Å². The number of urea groups is 2. The van der Waals surface area contributed by atoms with Crippen molar-refractivity contribution in [3.8, 4) is 5.75 Å². The Labute approximate surface area is 155 Å². The van der Waals surface area contributed by atoms with Crippen molar-refractivity contribution in [1.82, 2.24) is 35.7 Å². The number of pyridine rings is 1. The number of nitrogens with one attached hydrogen (secondary N) is 6. The van der Waals surface area contributed by atoms with Crippen LogP contribution in [0.5, 0.6) is 5.75 Å². The molecule has 1 aromatic heterocycles. The van der Waals surface area contributed by atoms with Gasteiger partial charge in [-0.15, -0.1) is 4.83 Å². The molecule has 6 amide bonds. The van der Waals surface area contributed by atoms with E-state index < -0.39 is 51.3 Å². The molecule has 2 heterocycles. The van der Waals surface area contributed by atoms with E-state index >= 15 is 0 Å². The zero-order valence-electron chi connectivity index (χ0n) is 13.7. The Balaban J connectivity index is 1.78. The molecule has 0 spiro atoms. The molecule has 152 valence electrons. The summed E-state index contributed by atoms with van der Waals surface area (Å²) in [5, 5.41) is 9.06. The van der Waals surface area contributed by atoms with Crippen molar-refractivity contribution < 1.29 is 32.7 Å². The number of aromatic amines is 1. The van der Waals surface area contributed by atoms with Crippen LogP contribution in [-0.2, 0) is 15.0 Å². The highest BCUT2D eigenvalue weighted by atomic mass is 32.2. The normalized spacial score (nSPS) is 16.0. The van der Waals surface area contributed by atoms with E-state index in [9.17, 15) is 32.4 Å². The lowest BCUT2D eigenvalue weighted by atomic mass is 10.1. The average molecular weight is 418 g/mol. The topological polar surface area (TPSA) is 245 Å². The molecule has 28 heavy (non-hydrogen) atoms. The van der Waals surface area contributed by atoms with Gasteiger partial charge in [-0.25, -0.2) is 19.7 Å². The smallest absolute Gasteiger partial charge is 0.348 e. The van der Waals surface area contributed by atoms with Gasteiger partial charge in [0.15, 0.2) is 5.75 Å². The zero-order valence-corrected chi connectivity index (χ0v) is 14.5. The highest BCUT2D eigenvalue weighted by molar-refractivity contribution is 7.88. The monoisotopic (exact) mass is 418 g/mol.